The highest BCUT2D eigenvalue weighted by Crippen LogP contribution is 2.39. The summed E-state index contributed by atoms with van der Waals surface area (Å²) in [6, 6.07) is 0. The van der Waals surface area contributed by atoms with Gasteiger partial charge in [0.05, 0.1) is 22.9 Å². The van der Waals surface area contributed by atoms with Gasteiger partial charge in [-0.3, -0.25) is 3.83 Å². The van der Waals surface area contributed by atoms with Crippen LogP contribution in [0.5, 0.6) is 0 Å². The van der Waals surface area contributed by atoms with Gasteiger partial charge in [-0.2, -0.15) is 0 Å². The Bertz CT molecular complexity index is 188. The van der Waals surface area contributed by atoms with Crippen LogP contribution in [0.3, 0.4) is 0 Å². The van der Waals surface area contributed by atoms with Crippen LogP contribution >= 0.6 is 50.4 Å². The maximum Gasteiger partial charge on any atom is 0.419 e. The second-order valence-electron chi connectivity index (χ2n) is 3.02. The molecule has 0 aliphatic carbocycles. The number of halogens is 3. The summed E-state index contributed by atoms with van der Waals surface area (Å²) in [6.07, 6.45) is 0. The second kappa shape index (κ2) is 7.57. The van der Waals surface area contributed by atoms with Crippen LogP contribution in [0.1, 0.15) is 13.8 Å². The van der Waals surface area contributed by atoms with Gasteiger partial charge in [-0.25, -0.2) is 4.57 Å². The standard InChI is InChI=1S/C5H10Br2O2.ClH2O3P/c1-5(2,3-8)4(6)9-7;1-5(2,3)4/h4,8H,3H2,1-2H3;(H2,2,3,4). The van der Waals surface area contributed by atoms with E-state index in [-0.39, 0.29) is 17.0 Å². The molecule has 5 nitrogen and oxygen atoms in total. The molecular weight excluding hydrogens is 366 g/mol. The molecule has 0 amide bonds. The maximum absolute atomic E-state index is 9.09. The average Bonchev–Trinajstić information content (AvgIpc) is 2.00. The molecule has 1 unspecified atom stereocenters. The maximum atomic E-state index is 9.09. The zero-order valence-corrected chi connectivity index (χ0v) is 12.3. The summed E-state index contributed by atoms with van der Waals surface area (Å²) in [5, 5.41) is 8.61. The van der Waals surface area contributed by atoms with E-state index in [0.29, 0.717) is 0 Å². The van der Waals surface area contributed by atoms with E-state index < -0.39 is 6.95 Å². The molecular formula is C5H12Br2ClO5P. The van der Waals surface area contributed by atoms with Crippen molar-refractivity contribution >= 4 is 50.4 Å². The van der Waals surface area contributed by atoms with Crippen molar-refractivity contribution in [3.8, 4) is 0 Å². The summed E-state index contributed by atoms with van der Waals surface area (Å²) < 4.78 is 13.9. The number of hydrogen-bond acceptors (Lipinski definition) is 3. The van der Waals surface area contributed by atoms with Crippen molar-refractivity contribution in [1.29, 1.82) is 0 Å². The number of aliphatic hydroxyl groups excluding tert-OH is 1. The molecule has 0 fully saturated rings. The lowest BCUT2D eigenvalue weighted by molar-refractivity contribution is 0.0973. The SMILES string of the molecule is CC(C)(CO)C(Br)OBr.O=P(O)(O)Cl. The quantitative estimate of drug-likeness (QED) is 0.519. The van der Waals surface area contributed by atoms with E-state index in [0.717, 1.165) is 0 Å². The Morgan fingerprint density at radius 2 is 1.86 bits per heavy atom. The number of aliphatic hydroxyl groups is 1. The van der Waals surface area contributed by atoms with E-state index in [4.69, 9.17) is 23.3 Å². The molecule has 0 rings (SSSR count). The molecule has 9 heteroatoms. The van der Waals surface area contributed by atoms with E-state index >= 15 is 0 Å². The Morgan fingerprint density at radius 1 is 1.57 bits per heavy atom. The van der Waals surface area contributed by atoms with Gasteiger partial charge in [0.1, 0.15) is 5.01 Å². The molecule has 0 aromatic rings. The highest BCUT2D eigenvalue weighted by molar-refractivity contribution is 9.10. The molecule has 0 bridgehead atoms. The lowest BCUT2D eigenvalue weighted by atomic mass is 9.97. The van der Waals surface area contributed by atoms with Gasteiger partial charge in [-0.05, 0) is 0 Å². The predicted octanol–water partition coefficient (Wildman–Crippen LogP) is 2.37. The van der Waals surface area contributed by atoms with Gasteiger partial charge in [0, 0.05) is 16.7 Å². The van der Waals surface area contributed by atoms with E-state index in [9.17, 15) is 0 Å². The molecule has 14 heavy (non-hydrogen) atoms. The van der Waals surface area contributed by atoms with E-state index in [1.165, 1.54) is 0 Å². The first kappa shape index (κ1) is 17.7. The predicted molar refractivity (Wildman–Crippen MR) is 61.5 cm³/mol. The second-order valence-corrected chi connectivity index (χ2v) is 6.50. The fraction of sp³-hybridized carbons (Fsp3) is 1.00. The third-order valence-electron chi connectivity index (χ3n) is 1.10. The van der Waals surface area contributed by atoms with Gasteiger partial charge in [-0.1, -0.05) is 29.8 Å². The van der Waals surface area contributed by atoms with Gasteiger partial charge in [0.15, 0.2) is 0 Å². The molecule has 88 valence electrons. The van der Waals surface area contributed by atoms with Gasteiger partial charge >= 0.3 is 6.95 Å². The van der Waals surface area contributed by atoms with Crippen molar-refractivity contribution < 1.29 is 23.3 Å². The first-order valence-corrected chi connectivity index (χ1v) is 7.40. The summed E-state index contributed by atoms with van der Waals surface area (Å²) in [6.45, 7) is -0.282. The smallest absolute Gasteiger partial charge is 0.396 e. The van der Waals surface area contributed by atoms with Crippen LogP contribution in [0.25, 0.3) is 0 Å². The summed E-state index contributed by atoms with van der Waals surface area (Å²) in [5.41, 5.74) is -0.247. The summed E-state index contributed by atoms with van der Waals surface area (Å²) >= 11 is 10.3. The van der Waals surface area contributed by atoms with E-state index in [1.54, 1.807) is 0 Å². The lowest BCUT2D eigenvalue weighted by Crippen LogP contribution is -2.28. The fourth-order valence-electron chi connectivity index (χ4n) is 0.192. The molecule has 3 N–H and O–H groups in total. The lowest BCUT2D eigenvalue weighted by Gasteiger charge is -2.24. The molecule has 0 saturated carbocycles. The summed E-state index contributed by atoms with van der Waals surface area (Å²) in [7, 11) is 0. The molecule has 0 aromatic heterocycles. The first-order chi connectivity index (χ1) is 6.04. The Balaban J connectivity index is 0. The molecule has 1 atom stereocenters. The molecule has 0 aliphatic rings. The minimum absolute atomic E-state index is 0.0918. The molecule has 0 aromatic carbocycles. The molecule has 0 aliphatic heterocycles. The minimum Gasteiger partial charge on any atom is -0.396 e. The fourth-order valence-corrected chi connectivity index (χ4v) is 0.843. The Kier molecular flexibility index (Phi) is 9.57. The van der Waals surface area contributed by atoms with Crippen LogP contribution in [0, 0.1) is 5.41 Å². The zero-order chi connectivity index (χ0) is 12.0. The minimum atomic E-state index is -4.17. The van der Waals surface area contributed by atoms with Crippen molar-refractivity contribution in [1.82, 2.24) is 0 Å². The third-order valence-corrected chi connectivity index (χ3v) is 3.40. The molecule has 0 radical (unpaired) electrons. The Hall–Kier alpha value is 1.32. The Labute approximate surface area is 104 Å². The van der Waals surface area contributed by atoms with Crippen LogP contribution in [0.15, 0.2) is 0 Å². The third kappa shape index (κ3) is 13.3. The van der Waals surface area contributed by atoms with Crippen LogP contribution in [-0.2, 0) is 8.39 Å². The van der Waals surface area contributed by atoms with Crippen molar-refractivity contribution in [3.63, 3.8) is 0 Å². The van der Waals surface area contributed by atoms with Gasteiger partial charge < -0.3 is 14.9 Å². The van der Waals surface area contributed by atoms with Crippen molar-refractivity contribution in [2.75, 3.05) is 6.61 Å². The highest BCUT2D eigenvalue weighted by Gasteiger charge is 2.26. The number of alkyl halides is 1. The van der Waals surface area contributed by atoms with E-state index in [2.05, 4.69) is 43.4 Å². The Morgan fingerprint density at radius 3 is 1.93 bits per heavy atom. The molecule has 0 heterocycles. The number of rotatable bonds is 3. The van der Waals surface area contributed by atoms with Crippen LogP contribution in [-0.4, -0.2) is 26.5 Å². The van der Waals surface area contributed by atoms with Crippen LogP contribution in [0.4, 0.5) is 0 Å². The largest absolute Gasteiger partial charge is 0.419 e. The number of hydrogen-bond donors (Lipinski definition) is 3. The first-order valence-electron chi connectivity index (χ1n) is 3.32. The van der Waals surface area contributed by atoms with Crippen LogP contribution in [0.2, 0.25) is 0 Å². The topological polar surface area (TPSA) is 87.0 Å². The van der Waals surface area contributed by atoms with Crippen molar-refractivity contribution in [2.24, 2.45) is 5.41 Å². The van der Waals surface area contributed by atoms with Crippen LogP contribution < -0.4 is 0 Å². The van der Waals surface area contributed by atoms with Crippen molar-refractivity contribution in [3.05, 3.63) is 0 Å². The summed E-state index contributed by atoms with van der Waals surface area (Å²) in [4.78, 5) is 14.8. The highest BCUT2D eigenvalue weighted by atomic mass is 79.9. The van der Waals surface area contributed by atoms with E-state index in [1.807, 2.05) is 13.8 Å². The zero-order valence-electron chi connectivity index (χ0n) is 7.52. The van der Waals surface area contributed by atoms with Gasteiger partial charge in [-0.15, -0.1) is 0 Å². The molecule has 0 spiro atoms. The molecule has 0 saturated heterocycles. The normalized spacial score (nSPS) is 14.3. The average molecular weight is 378 g/mol. The van der Waals surface area contributed by atoms with Gasteiger partial charge in [0.2, 0.25) is 0 Å². The van der Waals surface area contributed by atoms with Crippen molar-refractivity contribution in [2.45, 2.75) is 18.9 Å². The summed E-state index contributed by atoms with van der Waals surface area (Å²) in [5.74, 6) is 0. The monoisotopic (exact) mass is 376 g/mol. The van der Waals surface area contributed by atoms with Gasteiger partial charge in [0.25, 0.3) is 0 Å².